The molecule has 63 heavy (non-hydrogen) atoms. The molecule has 4 aromatic carbocycles. The zero-order valence-corrected chi connectivity index (χ0v) is 44.9. The molecule has 0 amide bonds. The van der Waals surface area contributed by atoms with Crippen LogP contribution in [-0.2, 0) is 19.7 Å². The maximum absolute atomic E-state index is 11.3. The Morgan fingerprint density at radius 3 is 1.32 bits per heavy atom. The molecule has 0 aliphatic rings. The summed E-state index contributed by atoms with van der Waals surface area (Å²) in [5.74, 6) is 3.95. The quantitative estimate of drug-likeness (QED) is 0.0955. The average Bonchev–Trinajstić information content (AvgIpc) is 3.23. The number of nitrogens with two attached hydrogens (primary N) is 1. The molecule has 4 rings (SSSR count). The van der Waals surface area contributed by atoms with Crippen LogP contribution in [0.15, 0.2) is 72.8 Å². The second kappa shape index (κ2) is 32.3. The zero-order valence-electron chi connectivity index (χ0n) is 36.8. The molecule has 0 heterocycles. The van der Waals surface area contributed by atoms with Gasteiger partial charge < -0.3 is 49.7 Å². The van der Waals surface area contributed by atoms with Crippen molar-refractivity contribution < 1.29 is 83.7 Å². The van der Waals surface area contributed by atoms with E-state index >= 15 is 0 Å². The van der Waals surface area contributed by atoms with Crippen LogP contribution in [0.4, 0.5) is 0 Å². The molecule has 21 heteroatoms. The van der Waals surface area contributed by atoms with Gasteiger partial charge in [0.15, 0.2) is 55.8 Å². The fourth-order valence-corrected chi connectivity index (χ4v) is 6.88. The summed E-state index contributed by atoms with van der Waals surface area (Å²) < 4.78 is 81.2. The average molecular weight is 1260 g/mol. The van der Waals surface area contributed by atoms with Crippen LogP contribution in [0.5, 0.6) is 46.0 Å². The normalized spacial score (nSPS) is 11.4. The summed E-state index contributed by atoms with van der Waals surface area (Å²) in [5.41, 5.74) is 12.3. The van der Waals surface area contributed by atoms with Crippen molar-refractivity contribution in [2.75, 3.05) is 72.3 Å². The van der Waals surface area contributed by atoms with E-state index in [-0.39, 0.29) is 23.3 Å². The Morgan fingerprint density at radius 2 is 0.952 bits per heavy atom. The Labute approximate surface area is 401 Å². The van der Waals surface area contributed by atoms with E-state index in [1.165, 1.54) is 25.7 Å². The van der Waals surface area contributed by atoms with E-state index in [4.69, 9.17) is 44.0 Å². The molecular formula is C42H59I3N2O14S2. The van der Waals surface area contributed by atoms with Crippen LogP contribution in [-0.4, -0.2) is 107 Å². The van der Waals surface area contributed by atoms with Crippen LogP contribution >= 0.6 is 37.2 Å². The molecule has 4 aromatic rings. The van der Waals surface area contributed by atoms with E-state index in [1.54, 1.807) is 82.0 Å². The van der Waals surface area contributed by atoms with E-state index in [0.717, 1.165) is 11.8 Å². The maximum atomic E-state index is 11.3. The Morgan fingerprint density at radius 1 is 0.603 bits per heavy atom. The number of hydrogen-bond acceptors (Lipinski definition) is 15. The van der Waals surface area contributed by atoms with Crippen molar-refractivity contribution in [3.05, 3.63) is 95.1 Å². The van der Waals surface area contributed by atoms with Gasteiger partial charge in [-0.15, -0.1) is 0 Å². The van der Waals surface area contributed by atoms with E-state index in [0.29, 0.717) is 96.3 Å². The number of carbonyl (C=O) groups excluding carboxylic acids is 2. The third-order valence-corrected chi connectivity index (χ3v) is 9.80. The van der Waals surface area contributed by atoms with Gasteiger partial charge in [-0.2, -0.15) is 0 Å². The fraction of sp³-hybridized carbons (Fsp3) is 0.381. The first-order valence-electron chi connectivity index (χ1n) is 18.8. The van der Waals surface area contributed by atoms with Crippen LogP contribution < -0.4 is 57.9 Å². The van der Waals surface area contributed by atoms with E-state index in [1.807, 2.05) is 26.8 Å². The van der Waals surface area contributed by atoms with Gasteiger partial charge in [0.05, 0.1) is 54.0 Å². The van der Waals surface area contributed by atoms with Crippen LogP contribution in [0.3, 0.4) is 0 Å². The Kier molecular flexibility index (Phi) is 30.6. The number of phenolic OH excluding ortho intramolecular Hbond substituents is 1. The predicted octanol–water partition coefficient (Wildman–Crippen LogP) is 3.45. The first-order chi connectivity index (χ1) is 29.7. The SMILES string of the molecule is CCOc1cc(C(N)CS(C)(=O)=O)ccc1OC.CCOc1cc(C([NH3+])CS(C)(=O)=O)ccc1OC.CCOc1cc(C=O)ccc1OC.COc1ccc(C=O)cc1O.I[I-]I. The van der Waals surface area contributed by atoms with Crippen LogP contribution in [0, 0.1) is 0 Å². The molecular weight excluding hydrogens is 1200 g/mol. The Balaban J connectivity index is 0.000000809. The summed E-state index contributed by atoms with van der Waals surface area (Å²) in [6, 6.07) is 19.2. The van der Waals surface area contributed by atoms with Gasteiger partial charge in [-0.05, 0) is 93.1 Å². The summed E-state index contributed by atoms with van der Waals surface area (Å²) in [4.78, 5) is 20.7. The van der Waals surface area contributed by atoms with Gasteiger partial charge in [0.1, 0.15) is 34.2 Å². The van der Waals surface area contributed by atoms with Gasteiger partial charge >= 0.3 is 50.5 Å². The predicted molar refractivity (Wildman–Crippen MR) is 258 cm³/mol. The molecule has 0 aliphatic heterocycles. The van der Waals surface area contributed by atoms with Crippen LogP contribution in [0.25, 0.3) is 0 Å². The topological polar surface area (TPSA) is 241 Å². The molecule has 0 spiro atoms. The number of phenols is 1. The van der Waals surface area contributed by atoms with Gasteiger partial charge in [-0.3, -0.25) is 9.59 Å². The number of halogens is 3. The molecule has 0 saturated heterocycles. The van der Waals surface area contributed by atoms with Crippen LogP contribution in [0.2, 0.25) is 0 Å². The van der Waals surface area contributed by atoms with Gasteiger partial charge in [0.2, 0.25) is 0 Å². The summed E-state index contributed by atoms with van der Waals surface area (Å²) >= 11 is 5.30. The number of carbonyl (C=O) groups is 2. The molecule has 0 bridgehead atoms. The van der Waals surface area contributed by atoms with Crippen LogP contribution in [0.1, 0.15) is 64.7 Å². The molecule has 2 atom stereocenters. The van der Waals surface area contributed by atoms with Crippen molar-refractivity contribution >= 4 is 69.5 Å². The third kappa shape index (κ3) is 24.5. The summed E-state index contributed by atoms with van der Waals surface area (Å²) in [6.45, 7) is 7.20. The minimum atomic E-state index is -3.11. The second-order valence-electron chi connectivity index (χ2n) is 12.7. The molecule has 354 valence electrons. The number of aldehydes is 2. The molecule has 16 nitrogen and oxygen atoms in total. The summed E-state index contributed by atoms with van der Waals surface area (Å²) in [6.07, 6.45) is 3.82. The van der Waals surface area contributed by atoms with E-state index in [9.17, 15) is 26.4 Å². The Bertz CT molecular complexity index is 2110. The second-order valence-corrected chi connectivity index (χ2v) is 33.4. The molecule has 0 aromatic heterocycles. The third-order valence-electron chi connectivity index (χ3n) is 7.82. The minimum absolute atomic E-state index is 0.0166. The standard InChI is InChI=1S/2C12H19NO4S.C10H12O3.C8H8O3.I3/c2*1-4-17-12-7-9(5-6-11(12)16-2)10(13)8-18(3,14)15;1-3-13-10-6-8(7-11)4-5-9(10)12-2;1-11-8-3-2-6(5-9)4-7(8)10;1-3-2/h2*5-7,10H,4,8,13H2,1-3H3;4-7H,3H2,1-2H3;2-5,10H,1H3;/q;;;;-1/p+1. The first kappa shape index (κ1) is 59.6. The number of benzene rings is 4. The van der Waals surface area contributed by atoms with Gasteiger partial charge in [0.25, 0.3) is 0 Å². The molecule has 2 unspecified atom stereocenters. The van der Waals surface area contributed by atoms with Crippen molar-refractivity contribution in [2.24, 2.45) is 5.73 Å². The summed E-state index contributed by atoms with van der Waals surface area (Å²) in [7, 11) is -0.0196. The van der Waals surface area contributed by atoms with Crippen molar-refractivity contribution in [1.82, 2.24) is 0 Å². The molecule has 0 aliphatic carbocycles. The molecule has 0 fully saturated rings. The number of sulfone groups is 2. The number of rotatable bonds is 18. The van der Waals surface area contributed by atoms with Crippen molar-refractivity contribution in [3.63, 3.8) is 0 Å². The van der Waals surface area contributed by atoms with Gasteiger partial charge in [0, 0.05) is 35.2 Å². The number of aromatic hydroxyl groups is 1. The van der Waals surface area contributed by atoms with Gasteiger partial charge in [-0.25, -0.2) is 16.8 Å². The fourth-order valence-electron chi connectivity index (χ4n) is 5.11. The number of ether oxygens (including phenoxy) is 7. The number of hydrogen-bond donors (Lipinski definition) is 3. The van der Waals surface area contributed by atoms with Gasteiger partial charge in [-0.1, -0.05) is 6.07 Å². The van der Waals surface area contributed by atoms with Crippen molar-refractivity contribution in [2.45, 2.75) is 32.9 Å². The monoisotopic (exact) mass is 1260 g/mol. The number of methoxy groups -OCH3 is 4. The molecule has 0 saturated carbocycles. The van der Waals surface area contributed by atoms with E-state index in [2.05, 4.69) is 43.0 Å². The molecule has 0 radical (unpaired) electrons. The summed E-state index contributed by atoms with van der Waals surface area (Å²) in [5, 5.41) is 9.14. The zero-order chi connectivity index (χ0) is 48.2. The first-order valence-corrected chi connectivity index (χ1v) is 35.4. The number of quaternary nitrogens is 1. The molecule has 6 N–H and O–H groups in total. The van der Waals surface area contributed by atoms with E-state index < -0.39 is 25.7 Å². The van der Waals surface area contributed by atoms with Crippen molar-refractivity contribution in [1.29, 1.82) is 0 Å². The van der Waals surface area contributed by atoms with Crippen molar-refractivity contribution in [3.8, 4) is 46.0 Å². The Hall–Kier alpha value is -3.37.